The molecule has 2 heterocycles. The topological polar surface area (TPSA) is 131 Å². The lowest BCUT2D eigenvalue weighted by atomic mass is 9.56. The van der Waals surface area contributed by atoms with Crippen LogP contribution >= 0.6 is 23.2 Å². The molecule has 1 N–H and O–H groups in total. The quantitative estimate of drug-likeness (QED) is 0.214. The van der Waals surface area contributed by atoms with Crippen LogP contribution in [0.1, 0.15) is 24.3 Å². The number of amides is 5. The lowest BCUT2D eigenvalue weighted by Gasteiger charge is -2.50. The van der Waals surface area contributed by atoms with E-state index in [-0.39, 0.29) is 17.7 Å². The number of benzene rings is 2. The number of anilines is 1. The summed E-state index contributed by atoms with van der Waals surface area (Å²) in [6, 6.07) is 6.63. The first-order valence-electron chi connectivity index (χ1n) is 13.3. The molecule has 1 saturated carbocycles. The molecule has 4 aliphatic rings. The van der Waals surface area contributed by atoms with Gasteiger partial charge in [-0.25, -0.2) is 14.1 Å². The van der Waals surface area contributed by atoms with Gasteiger partial charge in [0.1, 0.15) is 17.3 Å². The Morgan fingerprint density at radius 3 is 2.29 bits per heavy atom. The van der Waals surface area contributed by atoms with E-state index in [0.29, 0.717) is 9.80 Å². The number of hydrogen-bond acceptors (Lipinski definition) is 8. The summed E-state index contributed by atoms with van der Waals surface area (Å²) >= 11 is 14.2. The van der Waals surface area contributed by atoms with Crippen LogP contribution in [0, 0.1) is 23.6 Å². The third-order valence-corrected chi connectivity index (χ3v) is 10.2. The minimum atomic E-state index is -5.15. The highest BCUT2D eigenvalue weighted by Crippen LogP contribution is 2.66. The Kier molecular flexibility index (Phi) is 6.97. The minimum Gasteiger partial charge on any atom is -0.508 e. The number of hydrogen-bond donors (Lipinski definition) is 1. The second-order valence-electron chi connectivity index (χ2n) is 11.0. The molecule has 2 aliphatic heterocycles. The van der Waals surface area contributed by atoms with Gasteiger partial charge in [-0.3, -0.25) is 19.2 Å². The second kappa shape index (κ2) is 10.2. The number of phenols is 1. The zero-order chi connectivity index (χ0) is 32.8. The number of carbonyl (C=O) groups is 5. The molecule has 236 valence electrons. The highest BCUT2D eigenvalue weighted by Gasteiger charge is 2.77. The van der Waals surface area contributed by atoms with Gasteiger partial charge in [0.25, 0.3) is 11.8 Å². The van der Waals surface area contributed by atoms with Gasteiger partial charge in [0.15, 0.2) is 9.75 Å². The Hall–Kier alpha value is -4.17. The van der Waals surface area contributed by atoms with E-state index in [9.17, 15) is 46.6 Å². The van der Waals surface area contributed by atoms with E-state index in [1.807, 2.05) is 0 Å². The van der Waals surface area contributed by atoms with Crippen molar-refractivity contribution in [1.29, 1.82) is 0 Å². The molecule has 2 aromatic rings. The molecule has 10 nitrogen and oxygen atoms in total. The van der Waals surface area contributed by atoms with Crippen molar-refractivity contribution in [3.63, 3.8) is 0 Å². The minimum absolute atomic E-state index is 0.122. The van der Waals surface area contributed by atoms with Crippen LogP contribution in [0.15, 0.2) is 54.1 Å². The fourth-order valence-electron chi connectivity index (χ4n) is 6.98. The van der Waals surface area contributed by atoms with Gasteiger partial charge in [0, 0.05) is 11.5 Å². The molecule has 0 spiro atoms. The Bertz CT molecular complexity index is 1720. The normalized spacial score (nSPS) is 31.0. The van der Waals surface area contributed by atoms with Gasteiger partial charge in [-0.15, -0.1) is 36.4 Å². The summed E-state index contributed by atoms with van der Waals surface area (Å²) in [4.78, 5) is 63.4. The molecule has 5 amide bonds. The first kappa shape index (κ1) is 30.8. The number of likely N-dealkylation sites (tertiary alicyclic amines) is 1. The van der Waals surface area contributed by atoms with Crippen molar-refractivity contribution in [2.24, 2.45) is 17.8 Å². The number of aromatic hydroxyl groups is 1. The number of imide groups is 4. The Morgan fingerprint density at radius 2 is 1.67 bits per heavy atom. The van der Waals surface area contributed by atoms with Gasteiger partial charge in [-0.1, -0.05) is 11.6 Å². The number of fused-ring (bicyclic) bond motifs is 4. The number of phenolic OH excluding ortho intramolecular Hbond substituents is 1. The molecule has 45 heavy (non-hydrogen) atoms. The van der Waals surface area contributed by atoms with E-state index in [1.54, 1.807) is 0 Å². The predicted octanol–water partition coefficient (Wildman–Crippen LogP) is 4.76. The first-order valence-corrected chi connectivity index (χ1v) is 14.1. The van der Waals surface area contributed by atoms with Crippen molar-refractivity contribution < 1.29 is 56.1 Å². The number of alkyl halides is 5. The van der Waals surface area contributed by atoms with E-state index >= 15 is 0 Å². The summed E-state index contributed by atoms with van der Waals surface area (Å²) < 4.78 is 61.9. The Balaban J connectivity index is 1.57. The molecule has 6 rings (SSSR count). The summed E-state index contributed by atoms with van der Waals surface area (Å²) in [5, 5.41) is 11.0. The van der Waals surface area contributed by atoms with E-state index in [2.05, 4.69) is 9.47 Å². The molecule has 6 atom stereocenters. The molecule has 2 aliphatic carbocycles. The third-order valence-electron chi connectivity index (χ3n) is 8.80. The van der Waals surface area contributed by atoms with Crippen LogP contribution in [-0.2, 0) is 23.9 Å². The summed E-state index contributed by atoms with van der Waals surface area (Å²) in [6.45, 7) is 0. The lowest BCUT2D eigenvalue weighted by molar-refractivity contribution is -0.274. The number of allylic oxidation sites excluding steroid dienone is 2. The fraction of sp³-hybridized carbons (Fsp3) is 0.345. The van der Waals surface area contributed by atoms with Crippen LogP contribution in [0.5, 0.6) is 11.5 Å². The molecule has 2 aromatic carbocycles. The van der Waals surface area contributed by atoms with Gasteiger partial charge in [-0.05, 0) is 61.2 Å². The van der Waals surface area contributed by atoms with Gasteiger partial charge in [0.2, 0.25) is 11.8 Å². The van der Waals surface area contributed by atoms with Crippen LogP contribution in [0.3, 0.4) is 0 Å². The maximum Gasteiger partial charge on any atom is 0.573 e. The van der Waals surface area contributed by atoms with Gasteiger partial charge in [0.05, 0.1) is 24.6 Å². The predicted molar refractivity (Wildman–Crippen MR) is 146 cm³/mol. The van der Waals surface area contributed by atoms with E-state index in [1.165, 1.54) is 6.08 Å². The molecule has 6 unspecified atom stereocenters. The monoisotopic (exact) mass is 670 g/mol. The fourth-order valence-corrected chi connectivity index (χ4v) is 7.90. The summed E-state index contributed by atoms with van der Waals surface area (Å²) in [5.74, 6) is -11.5. The van der Waals surface area contributed by atoms with Gasteiger partial charge in [-0.2, -0.15) is 4.90 Å². The van der Waals surface area contributed by atoms with Crippen LogP contribution < -0.4 is 9.64 Å². The Labute approximate surface area is 261 Å². The van der Waals surface area contributed by atoms with E-state index in [0.717, 1.165) is 49.6 Å². The lowest BCUT2D eigenvalue weighted by Crippen LogP contribution is -2.60. The van der Waals surface area contributed by atoms with Crippen LogP contribution in [0.4, 0.5) is 28.0 Å². The Morgan fingerprint density at radius 1 is 1.00 bits per heavy atom. The van der Waals surface area contributed by atoms with Gasteiger partial charge < -0.3 is 14.6 Å². The smallest absolute Gasteiger partial charge is 0.508 e. The molecule has 0 radical (unpaired) electrons. The number of halogens is 6. The zero-order valence-corrected chi connectivity index (χ0v) is 24.3. The average Bonchev–Trinajstić information content (AvgIpc) is 3.31. The SMILES string of the molecule is COC(=O)N1C(=O)C2CC=C3C(CC4(Cl)C(=O)N(c5ccc(F)cc5)C(=O)C4(Cl)C3c3cc(OC(F)(F)F)ccc3O)C2C1=O. The first-order chi connectivity index (χ1) is 21.0. The van der Waals surface area contributed by atoms with Crippen molar-refractivity contribution in [2.45, 2.75) is 34.9 Å². The van der Waals surface area contributed by atoms with Crippen LogP contribution in [-0.4, -0.2) is 62.9 Å². The van der Waals surface area contributed by atoms with Crippen molar-refractivity contribution in [1.82, 2.24) is 4.90 Å². The summed E-state index contributed by atoms with van der Waals surface area (Å²) in [5.41, 5.74) is -0.399. The molecular weight excluding hydrogens is 651 g/mol. The highest BCUT2D eigenvalue weighted by atomic mass is 35.5. The van der Waals surface area contributed by atoms with E-state index in [4.69, 9.17) is 23.2 Å². The molecule has 0 bridgehead atoms. The highest BCUT2D eigenvalue weighted by molar-refractivity contribution is 6.58. The molecule has 2 saturated heterocycles. The third kappa shape index (κ3) is 4.32. The number of ether oxygens (including phenoxy) is 2. The largest absolute Gasteiger partial charge is 0.573 e. The van der Waals surface area contributed by atoms with Crippen molar-refractivity contribution in [3.05, 3.63) is 65.5 Å². The molecular formula is C29H20Cl2F4N2O8. The van der Waals surface area contributed by atoms with Crippen molar-refractivity contribution >= 4 is 58.6 Å². The molecule has 16 heteroatoms. The number of methoxy groups -OCH3 is 1. The van der Waals surface area contributed by atoms with E-state index < -0.39 is 98.8 Å². The number of nitrogens with zero attached hydrogens (tertiary/aromatic N) is 2. The van der Waals surface area contributed by atoms with Crippen LogP contribution in [0.2, 0.25) is 0 Å². The summed E-state index contributed by atoms with van der Waals surface area (Å²) in [6.07, 6.45) is -5.65. The maximum absolute atomic E-state index is 14.3. The average molecular weight is 671 g/mol. The standard InChI is InChI=1S/C29H20Cl2F4N2O8/c1-44-26(43)37-22(39)16-8-7-15-18(20(16)23(37)40)11-27(30)24(41)36(13-4-2-12(32)3-5-13)25(42)28(27,31)21(15)17-10-14(6-9-19(17)38)45-29(33,34)35/h2-7,9-10,16,18,20-21,38H,8,11H2,1H3. The number of rotatable bonds is 3. The zero-order valence-electron chi connectivity index (χ0n) is 22.8. The van der Waals surface area contributed by atoms with Crippen LogP contribution in [0.25, 0.3) is 0 Å². The second-order valence-corrected chi connectivity index (χ2v) is 12.2. The van der Waals surface area contributed by atoms with Gasteiger partial charge >= 0.3 is 12.5 Å². The molecule has 0 aromatic heterocycles. The maximum atomic E-state index is 14.3. The summed E-state index contributed by atoms with van der Waals surface area (Å²) in [7, 11) is 0.965. The van der Waals surface area contributed by atoms with Crippen molar-refractivity contribution in [2.75, 3.05) is 12.0 Å². The molecule has 3 fully saturated rings. The number of carbonyl (C=O) groups excluding carboxylic acids is 5. The van der Waals surface area contributed by atoms with Crippen molar-refractivity contribution in [3.8, 4) is 11.5 Å².